The van der Waals surface area contributed by atoms with Gasteiger partial charge in [0.05, 0.1) is 5.76 Å². The predicted molar refractivity (Wildman–Crippen MR) is 150 cm³/mol. The third-order valence-corrected chi connectivity index (χ3v) is 11.9. The summed E-state index contributed by atoms with van der Waals surface area (Å²) in [5, 5.41) is 2.97. The minimum Gasteiger partial charge on any atom is -0.491 e. The summed E-state index contributed by atoms with van der Waals surface area (Å²) in [5.74, 6) is 4.26. The second-order valence-corrected chi connectivity index (χ2v) is 14.1. The molecule has 38 heavy (non-hydrogen) atoms. The lowest BCUT2D eigenvalue weighted by Gasteiger charge is -2.58. The first-order chi connectivity index (χ1) is 17.9. The Labute approximate surface area is 230 Å². The second kappa shape index (κ2) is 10.0. The van der Waals surface area contributed by atoms with E-state index in [-0.39, 0.29) is 29.0 Å². The van der Waals surface area contributed by atoms with Crippen molar-refractivity contribution in [3.63, 3.8) is 0 Å². The van der Waals surface area contributed by atoms with Crippen molar-refractivity contribution in [2.75, 3.05) is 6.54 Å². The van der Waals surface area contributed by atoms with Crippen LogP contribution in [0.1, 0.15) is 113 Å². The molecule has 1 N–H and O–H groups in total. The van der Waals surface area contributed by atoms with Gasteiger partial charge in [0, 0.05) is 39.2 Å². The number of amides is 1. The molecule has 5 nitrogen and oxygen atoms in total. The highest BCUT2D eigenvalue weighted by molar-refractivity contribution is 5.72. The van der Waals surface area contributed by atoms with Crippen molar-refractivity contribution in [1.82, 2.24) is 5.32 Å². The molecule has 5 aliphatic rings. The van der Waals surface area contributed by atoms with Gasteiger partial charge in [0.15, 0.2) is 0 Å². The van der Waals surface area contributed by atoms with E-state index in [1.807, 2.05) is 0 Å². The zero-order valence-corrected chi connectivity index (χ0v) is 25.0. The van der Waals surface area contributed by atoms with Crippen molar-refractivity contribution in [1.29, 1.82) is 0 Å². The van der Waals surface area contributed by atoms with Crippen LogP contribution < -0.4 is 5.32 Å². The van der Waals surface area contributed by atoms with Crippen molar-refractivity contribution >= 4 is 11.9 Å². The van der Waals surface area contributed by atoms with Crippen LogP contribution in [0.15, 0.2) is 23.0 Å². The number of hydrogen-bond donors (Lipinski definition) is 1. The van der Waals surface area contributed by atoms with E-state index in [0.29, 0.717) is 23.2 Å². The Bertz CT molecular complexity index is 1030. The van der Waals surface area contributed by atoms with Gasteiger partial charge in [-0.3, -0.25) is 9.59 Å². The fraction of sp³-hybridized carbons (Fsp3) is 0.818. The molecule has 0 bridgehead atoms. The Balaban J connectivity index is 1.35. The number of esters is 1. The molecule has 0 unspecified atom stereocenters. The van der Waals surface area contributed by atoms with Crippen LogP contribution in [0.3, 0.4) is 0 Å². The predicted octanol–water partition coefficient (Wildman–Crippen LogP) is 7.11. The number of nitrogens with one attached hydrogen (secondary N) is 1. The molecule has 9 atom stereocenters. The molecule has 0 aromatic heterocycles. The van der Waals surface area contributed by atoms with E-state index < -0.39 is 0 Å². The molecular formula is C33H51NO4. The van der Waals surface area contributed by atoms with Crippen LogP contribution in [0.5, 0.6) is 0 Å². The van der Waals surface area contributed by atoms with Crippen LogP contribution in [0.25, 0.3) is 0 Å². The maximum Gasteiger partial charge on any atom is 0.302 e. The highest BCUT2D eigenvalue weighted by Gasteiger charge is 2.68. The Morgan fingerprint density at radius 3 is 2.63 bits per heavy atom. The third-order valence-electron chi connectivity index (χ3n) is 11.9. The summed E-state index contributed by atoms with van der Waals surface area (Å²) in [4.78, 5) is 22.9. The quantitative estimate of drug-likeness (QED) is 0.284. The number of fused-ring (bicyclic) bond motifs is 7. The Kier molecular flexibility index (Phi) is 7.31. The first-order valence-corrected chi connectivity index (χ1v) is 15.4. The van der Waals surface area contributed by atoms with Crippen LogP contribution in [0.4, 0.5) is 0 Å². The Morgan fingerprint density at radius 2 is 1.95 bits per heavy atom. The Morgan fingerprint density at radius 1 is 1.18 bits per heavy atom. The number of allylic oxidation sites excluding steroid dienone is 2. The maximum absolute atomic E-state index is 11.6. The smallest absolute Gasteiger partial charge is 0.302 e. The molecule has 0 aromatic rings. The molecule has 1 heterocycles. The number of ether oxygens (including phenoxy) is 2. The fourth-order valence-corrected chi connectivity index (χ4v) is 10.1. The molecule has 1 aliphatic heterocycles. The maximum atomic E-state index is 11.6. The van der Waals surface area contributed by atoms with Crippen LogP contribution in [-0.4, -0.2) is 30.1 Å². The van der Waals surface area contributed by atoms with Crippen molar-refractivity contribution in [3.05, 3.63) is 23.0 Å². The van der Waals surface area contributed by atoms with E-state index in [1.165, 1.54) is 43.9 Å². The highest BCUT2D eigenvalue weighted by atomic mass is 16.5. The van der Waals surface area contributed by atoms with Crippen molar-refractivity contribution < 1.29 is 19.1 Å². The van der Waals surface area contributed by atoms with Crippen LogP contribution in [0, 0.1) is 40.4 Å². The molecule has 5 heteroatoms. The zero-order chi connectivity index (χ0) is 27.5. The first kappa shape index (κ1) is 27.8. The second-order valence-electron chi connectivity index (χ2n) is 14.1. The van der Waals surface area contributed by atoms with E-state index in [4.69, 9.17) is 9.47 Å². The average Bonchev–Trinajstić information content (AvgIpc) is 3.30. The summed E-state index contributed by atoms with van der Waals surface area (Å²) in [5.41, 5.74) is 3.57. The molecule has 4 aliphatic carbocycles. The normalized spacial score (nSPS) is 42.2. The van der Waals surface area contributed by atoms with E-state index >= 15 is 0 Å². The monoisotopic (exact) mass is 525 g/mol. The summed E-state index contributed by atoms with van der Waals surface area (Å²) >= 11 is 0. The van der Waals surface area contributed by atoms with Gasteiger partial charge >= 0.3 is 5.97 Å². The van der Waals surface area contributed by atoms with Crippen molar-refractivity contribution in [3.8, 4) is 0 Å². The molecule has 3 saturated carbocycles. The number of carbonyl (C=O) groups excluding carboxylic acids is 2. The van der Waals surface area contributed by atoms with Crippen LogP contribution in [-0.2, 0) is 19.1 Å². The van der Waals surface area contributed by atoms with E-state index in [2.05, 4.69) is 46.0 Å². The van der Waals surface area contributed by atoms with E-state index in [1.54, 1.807) is 12.5 Å². The SMILES string of the molecule is CC[C@]12C[C@H]3[C@@H]4CC=C5C[C@H](OC(C)=O)CC[C@]5(C)[C@H]4CC[C@]3(C)[C@H]1C(C)=C(CC[C@@H](C)CNC(C)=O)O2. The minimum absolute atomic E-state index is 0.0491. The third kappa shape index (κ3) is 4.44. The number of rotatable bonds is 7. The van der Waals surface area contributed by atoms with E-state index in [0.717, 1.165) is 56.9 Å². The highest BCUT2D eigenvalue weighted by Crippen LogP contribution is 2.72. The van der Waals surface area contributed by atoms with Gasteiger partial charge in [-0.25, -0.2) is 0 Å². The first-order valence-electron chi connectivity index (χ1n) is 15.4. The largest absolute Gasteiger partial charge is 0.491 e. The summed E-state index contributed by atoms with van der Waals surface area (Å²) < 4.78 is 12.7. The van der Waals surface area contributed by atoms with Crippen molar-refractivity contribution in [2.45, 2.75) is 124 Å². The fourth-order valence-electron chi connectivity index (χ4n) is 10.1. The number of hydrogen-bond acceptors (Lipinski definition) is 4. The molecule has 3 fully saturated rings. The average molecular weight is 526 g/mol. The number of carbonyl (C=O) groups is 2. The molecular weight excluding hydrogens is 474 g/mol. The molecule has 1 amide bonds. The van der Waals surface area contributed by atoms with Gasteiger partial charge in [0.2, 0.25) is 5.91 Å². The topological polar surface area (TPSA) is 64.6 Å². The van der Waals surface area contributed by atoms with Gasteiger partial charge in [0.25, 0.3) is 0 Å². The van der Waals surface area contributed by atoms with Crippen molar-refractivity contribution in [2.24, 2.45) is 40.4 Å². The van der Waals surface area contributed by atoms with Gasteiger partial charge in [-0.05, 0) is 98.4 Å². The Hall–Kier alpha value is -1.78. The molecule has 5 rings (SSSR count). The molecule has 0 aromatic carbocycles. The molecule has 212 valence electrons. The lowest BCUT2D eigenvalue weighted by molar-refractivity contribution is -0.148. The van der Waals surface area contributed by atoms with Crippen LogP contribution >= 0.6 is 0 Å². The zero-order valence-electron chi connectivity index (χ0n) is 25.0. The molecule has 0 radical (unpaired) electrons. The summed E-state index contributed by atoms with van der Waals surface area (Å²) in [6.07, 6.45) is 13.7. The lowest BCUT2D eigenvalue weighted by atomic mass is 9.47. The van der Waals surface area contributed by atoms with Gasteiger partial charge in [-0.1, -0.05) is 39.3 Å². The minimum atomic E-state index is -0.145. The summed E-state index contributed by atoms with van der Waals surface area (Å²) in [7, 11) is 0. The van der Waals surface area contributed by atoms with E-state index in [9.17, 15) is 9.59 Å². The summed E-state index contributed by atoms with van der Waals surface area (Å²) in [6.45, 7) is 15.9. The van der Waals surface area contributed by atoms with Crippen LogP contribution in [0.2, 0.25) is 0 Å². The van der Waals surface area contributed by atoms with Gasteiger partial charge < -0.3 is 14.8 Å². The standard InChI is InChI=1S/C33H51NO4/c1-8-33-18-28-26-11-10-24-17-25(37-23(5)36)13-15-31(24,6)27(26)14-16-32(28,7)30(33)21(3)29(38-33)12-9-20(2)19-34-22(4)35/h10,20,25-28,30H,8-9,11-19H2,1-7H3,(H,34,35)/t20-,25-,26-,27+,28+,30-,31+,32+,33+/m1/s1. The van der Waals surface area contributed by atoms with Gasteiger partial charge in [-0.15, -0.1) is 0 Å². The van der Waals surface area contributed by atoms with Gasteiger partial charge in [0.1, 0.15) is 11.7 Å². The molecule has 0 spiro atoms. The van der Waals surface area contributed by atoms with Gasteiger partial charge in [-0.2, -0.15) is 0 Å². The summed E-state index contributed by atoms with van der Waals surface area (Å²) in [6, 6.07) is 0. The lowest BCUT2D eigenvalue weighted by Crippen LogP contribution is -2.50. The molecule has 0 saturated heterocycles.